The van der Waals surface area contributed by atoms with Crippen molar-refractivity contribution in [1.82, 2.24) is 0 Å². The van der Waals surface area contributed by atoms with E-state index in [-0.39, 0.29) is 5.97 Å². The molecule has 0 aromatic heterocycles. The number of benzene rings is 4. The molecule has 0 amide bonds. The van der Waals surface area contributed by atoms with E-state index in [9.17, 15) is 4.79 Å². The van der Waals surface area contributed by atoms with Gasteiger partial charge in [0.2, 0.25) is 0 Å². The Morgan fingerprint density at radius 1 is 0.636 bits per heavy atom. The van der Waals surface area contributed by atoms with Crippen molar-refractivity contribution < 1.29 is 14.6 Å². The summed E-state index contributed by atoms with van der Waals surface area (Å²) in [6, 6.07) is 36.6. The van der Waals surface area contributed by atoms with E-state index in [2.05, 4.69) is 60.7 Å². The van der Waals surface area contributed by atoms with Crippen LogP contribution >= 0.6 is 0 Å². The van der Waals surface area contributed by atoms with Crippen molar-refractivity contribution in [3.8, 4) is 5.75 Å². The first-order valence-electron chi connectivity index (χ1n) is 10.9. The van der Waals surface area contributed by atoms with Crippen LogP contribution in [0.4, 0.5) is 0 Å². The number of aryl methyl sites for hydroxylation is 1. The van der Waals surface area contributed by atoms with E-state index < -0.39 is 13.9 Å². The van der Waals surface area contributed by atoms with Crippen molar-refractivity contribution in [2.24, 2.45) is 0 Å². The molecule has 0 atom stereocenters. The first-order valence-corrected chi connectivity index (χ1v) is 13.5. The second kappa shape index (κ2) is 14.1. The number of aliphatic hydroxyl groups is 1. The fourth-order valence-electron chi connectivity index (χ4n) is 3.02. The van der Waals surface area contributed by atoms with Gasteiger partial charge in [0.15, 0.2) is 0 Å². The molecule has 33 heavy (non-hydrogen) atoms. The molecule has 0 saturated carbocycles. The molecular weight excluding hydrogens is 475 g/mol. The van der Waals surface area contributed by atoms with E-state index in [1.807, 2.05) is 57.2 Å². The molecule has 0 bridgehead atoms. The molecule has 0 aliphatic rings. The zero-order valence-electron chi connectivity index (χ0n) is 19.6. The molecule has 3 nitrogen and oxygen atoms in total. The number of carbonyl (C=O) groups excluding carboxylic acids is 1. The summed E-state index contributed by atoms with van der Waals surface area (Å²) in [4.78, 5) is 12.4. The van der Waals surface area contributed by atoms with E-state index >= 15 is 0 Å². The summed E-state index contributed by atoms with van der Waals surface area (Å²) >= 11 is -1.40. The van der Waals surface area contributed by atoms with E-state index in [0.717, 1.165) is 12.7 Å². The van der Waals surface area contributed by atoms with Crippen molar-refractivity contribution >= 4 is 33.3 Å². The van der Waals surface area contributed by atoms with Gasteiger partial charge >= 0.3 is 176 Å². The van der Waals surface area contributed by atoms with Gasteiger partial charge in [-0.2, -0.15) is 0 Å². The maximum atomic E-state index is 12.4. The van der Waals surface area contributed by atoms with Crippen LogP contribution in [0.3, 0.4) is 0 Å². The fourth-order valence-corrected chi connectivity index (χ4v) is 7.39. The molecule has 1 radical (unpaired) electrons. The Kier molecular flexibility index (Phi) is 11.1. The van der Waals surface area contributed by atoms with Gasteiger partial charge in [0.1, 0.15) is 0 Å². The molecule has 4 aromatic carbocycles. The van der Waals surface area contributed by atoms with Gasteiger partial charge in [-0.15, -0.1) is 0 Å². The molecule has 4 heteroatoms. The summed E-state index contributed by atoms with van der Waals surface area (Å²) in [6.45, 7) is 5.99. The van der Waals surface area contributed by atoms with Crippen LogP contribution in [0.1, 0.15) is 29.8 Å². The molecule has 0 heterocycles. The second-order valence-corrected chi connectivity index (χ2v) is 10.9. The van der Waals surface area contributed by atoms with Crippen LogP contribution in [-0.4, -0.2) is 32.1 Å². The third-order valence-electron chi connectivity index (χ3n) is 4.52. The third kappa shape index (κ3) is 7.44. The van der Waals surface area contributed by atoms with Gasteiger partial charge in [-0.3, -0.25) is 0 Å². The van der Waals surface area contributed by atoms with Crippen LogP contribution in [-0.2, 0) is 0 Å². The van der Waals surface area contributed by atoms with Gasteiger partial charge in [0.05, 0.1) is 0 Å². The molecule has 0 spiro atoms. The summed E-state index contributed by atoms with van der Waals surface area (Å²) in [7, 11) is 1.00. The number of rotatable bonds is 5. The van der Waals surface area contributed by atoms with E-state index in [0.29, 0.717) is 11.3 Å². The summed E-state index contributed by atoms with van der Waals surface area (Å²) in [5.74, 6) is 0.224. The fraction of sp³-hybridized carbons (Fsp3) is 0.138. The van der Waals surface area contributed by atoms with Crippen LogP contribution in [0.25, 0.3) is 0 Å². The van der Waals surface area contributed by atoms with Gasteiger partial charge in [0, 0.05) is 7.11 Å². The molecule has 0 saturated heterocycles. The number of aliphatic hydroxyl groups excluding tert-OH is 1. The quantitative estimate of drug-likeness (QED) is 0.249. The molecule has 4 aromatic rings. The van der Waals surface area contributed by atoms with Crippen molar-refractivity contribution in [2.45, 2.75) is 20.8 Å². The SMILES string of the molecule is CC.CO.Cc1ccc(C(=O)Oc2ccc([Se](c3ccccc3)c3ccccc3)cc2)cc1. The summed E-state index contributed by atoms with van der Waals surface area (Å²) in [6.07, 6.45) is 0. The van der Waals surface area contributed by atoms with Gasteiger partial charge in [-0.25, -0.2) is 0 Å². The first-order chi connectivity index (χ1) is 16.2. The monoisotopic (exact) mass is 507 g/mol. The van der Waals surface area contributed by atoms with Crippen molar-refractivity contribution in [3.63, 3.8) is 0 Å². The Morgan fingerprint density at radius 2 is 1.06 bits per heavy atom. The maximum absolute atomic E-state index is 12.4. The van der Waals surface area contributed by atoms with Gasteiger partial charge in [-0.1, -0.05) is 13.8 Å². The Bertz CT molecular complexity index is 1040. The van der Waals surface area contributed by atoms with Crippen molar-refractivity contribution in [1.29, 1.82) is 0 Å². The van der Waals surface area contributed by atoms with Gasteiger partial charge in [-0.05, 0) is 0 Å². The Balaban J connectivity index is 0.000000914. The second-order valence-electron chi connectivity index (χ2n) is 6.66. The summed E-state index contributed by atoms with van der Waals surface area (Å²) in [5, 5.41) is 7.00. The predicted molar refractivity (Wildman–Crippen MR) is 140 cm³/mol. The zero-order valence-corrected chi connectivity index (χ0v) is 21.3. The zero-order chi connectivity index (χ0) is 24.1. The molecule has 1 N–H and O–H groups in total. The Labute approximate surface area is 201 Å². The Morgan fingerprint density at radius 3 is 1.52 bits per heavy atom. The average Bonchev–Trinajstić information content (AvgIpc) is 2.89. The first kappa shape index (κ1) is 26.1. The van der Waals surface area contributed by atoms with E-state index in [1.54, 1.807) is 12.1 Å². The van der Waals surface area contributed by atoms with Crippen LogP contribution in [0.5, 0.6) is 5.75 Å². The number of ether oxygens (including phenoxy) is 1. The molecule has 4 rings (SSSR count). The van der Waals surface area contributed by atoms with Crippen molar-refractivity contribution in [2.75, 3.05) is 7.11 Å². The number of hydrogen-bond donors (Lipinski definition) is 1. The topological polar surface area (TPSA) is 46.5 Å². The van der Waals surface area contributed by atoms with Crippen LogP contribution in [0, 0.1) is 6.92 Å². The third-order valence-corrected chi connectivity index (χ3v) is 9.20. The normalized spacial score (nSPS) is 9.76. The molecule has 0 unspecified atom stereocenters. The predicted octanol–water partition coefficient (Wildman–Crippen LogP) is 4.37. The Hall–Kier alpha value is -3.17. The van der Waals surface area contributed by atoms with Gasteiger partial charge < -0.3 is 5.11 Å². The van der Waals surface area contributed by atoms with Crippen molar-refractivity contribution in [3.05, 3.63) is 120 Å². The summed E-state index contributed by atoms with van der Waals surface area (Å²) < 4.78 is 9.54. The molecule has 0 aliphatic heterocycles. The standard InChI is InChI=1S/C26H21O2Se.C2H6.CH4O/c1-20-12-14-21(15-13-20)26(27)28-22-16-18-25(19-17-22)29(23-8-4-2-5-9-23)24-10-6-3-7-11-24;2*1-2/h2-19H,1H3;1-2H3;2H,1H3. The van der Waals surface area contributed by atoms with Crippen LogP contribution < -0.4 is 18.1 Å². The molecule has 0 aliphatic carbocycles. The number of esters is 1. The number of carbonyl (C=O) groups is 1. The molecule has 0 fully saturated rings. The molecule has 171 valence electrons. The minimum absolute atomic E-state index is 0.337. The van der Waals surface area contributed by atoms with Crippen LogP contribution in [0.15, 0.2) is 109 Å². The molecular formula is C29H31O3Se. The van der Waals surface area contributed by atoms with Gasteiger partial charge in [0.25, 0.3) is 0 Å². The summed E-state index contributed by atoms with van der Waals surface area (Å²) in [5.41, 5.74) is 1.67. The van der Waals surface area contributed by atoms with E-state index in [4.69, 9.17) is 9.84 Å². The average molecular weight is 507 g/mol. The van der Waals surface area contributed by atoms with E-state index in [1.165, 1.54) is 13.4 Å². The minimum atomic E-state index is -1.40. The number of hydrogen-bond acceptors (Lipinski definition) is 3. The van der Waals surface area contributed by atoms with Crippen LogP contribution in [0.2, 0.25) is 0 Å².